The predicted molar refractivity (Wildman–Crippen MR) is 83.0 cm³/mol. The van der Waals surface area contributed by atoms with Gasteiger partial charge in [0.25, 0.3) is 5.91 Å². The summed E-state index contributed by atoms with van der Waals surface area (Å²) in [6.07, 6.45) is 0. The summed E-state index contributed by atoms with van der Waals surface area (Å²) in [5, 5.41) is 12.2. The first kappa shape index (κ1) is 18.0. The SMILES string of the molecule is CC(=O)NCCN(C(=O)c1ccc(Cl)c(C)c1)C(C)C(=O)O. The third-order valence-electron chi connectivity index (χ3n) is 3.22. The van der Waals surface area contributed by atoms with Crippen LogP contribution < -0.4 is 5.32 Å². The molecule has 0 fully saturated rings. The molecule has 0 saturated heterocycles. The van der Waals surface area contributed by atoms with Crippen molar-refractivity contribution < 1.29 is 19.5 Å². The van der Waals surface area contributed by atoms with Gasteiger partial charge in [0.15, 0.2) is 0 Å². The van der Waals surface area contributed by atoms with Gasteiger partial charge in [0.1, 0.15) is 6.04 Å². The Balaban J connectivity index is 2.97. The second-order valence-electron chi connectivity index (χ2n) is 4.96. The molecule has 2 amide bonds. The molecule has 0 aromatic heterocycles. The van der Waals surface area contributed by atoms with E-state index < -0.39 is 17.9 Å². The number of nitrogens with one attached hydrogen (secondary N) is 1. The zero-order chi connectivity index (χ0) is 16.9. The van der Waals surface area contributed by atoms with Gasteiger partial charge in [0.05, 0.1) is 0 Å². The van der Waals surface area contributed by atoms with Crippen molar-refractivity contribution in [2.24, 2.45) is 0 Å². The second-order valence-corrected chi connectivity index (χ2v) is 5.37. The van der Waals surface area contributed by atoms with E-state index in [9.17, 15) is 14.4 Å². The molecule has 0 spiro atoms. The number of halogens is 1. The molecular weight excluding hydrogens is 308 g/mol. The van der Waals surface area contributed by atoms with Crippen molar-refractivity contribution in [1.29, 1.82) is 0 Å². The summed E-state index contributed by atoms with van der Waals surface area (Å²) < 4.78 is 0. The van der Waals surface area contributed by atoms with Gasteiger partial charge in [-0.05, 0) is 37.6 Å². The van der Waals surface area contributed by atoms with Gasteiger partial charge in [-0.1, -0.05) is 11.6 Å². The first-order chi connectivity index (χ1) is 10.2. The third kappa shape index (κ3) is 4.73. The zero-order valence-electron chi connectivity index (χ0n) is 12.7. The molecule has 1 aromatic rings. The van der Waals surface area contributed by atoms with Crippen molar-refractivity contribution in [3.05, 3.63) is 34.3 Å². The molecule has 6 nitrogen and oxygen atoms in total. The van der Waals surface area contributed by atoms with Gasteiger partial charge >= 0.3 is 5.97 Å². The number of carbonyl (C=O) groups excluding carboxylic acids is 2. The van der Waals surface area contributed by atoms with Crippen LogP contribution >= 0.6 is 11.6 Å². The molecule has 1 rings (SSSR count). The molecule has 1 unspecified atom stereocenters. The van der Waals surface area contributed by atoms with E-state index in [0.29, 0.717) is 10.6 Å². The van der Waals surface area contributed by atoms with Crippen LogP contribution in [0.25, 0.3) is 0 Å². The summed E-state index contributed by atoms with van der Waals surface area (Å²) in [7, 11) is 0. The van der Waals surface area contributed by atoms with Gasteiger partial charge in [0, 0.05) is 30.6 Å². The van der Waals surface area contributed by atoms with Gasteiger partial charge in [-0.2, -0.15) is 0 Å². The summed E-state index contributed by atoms with van der Waals surface area (Å²) in [4.78, 5) is 35.8. The molecule has 1 atom stereocenters. The molecule has 0 radical (unpaired) electrons. The quantitative estimate of drug-likeness (QED) is 0.833. The minimum Gasteiger partial charge on any atom is -0.480 e. The summed E-state index contributed by atoms with van der Waals surface area (Å²) in [5.74, 6) is -1.76. The Bertz CT molecular complexity index is 589. The molecule has 7 heteroatoms. The van der Waals surface area contributed by atoms with E-state index >= 15 is 0 Å². The number of carbonyl (C=O) groups is 3. The number of amides is 2. The smallest absolute Gasteiger partial charge is 0.326 e. The fraction of sp³-hybridized carbons (Fsp3) is 0.400. The largest absolute Gasteiger partial charge is 0.480 e. The monoisotopic (exact) mass is 326 g/mol. The predicted octanol–water partition coefficient (Wildman–Crippen LogP) is 1.70. The molecule has 0 saturated carbocycles. The lowest BCUT2D eigenvalue weighted by Crippen LogP contribution is -2.46. The van der Waals surface area contributed by atoms with Crippen LogP contribution in [0.4, 0.5) is 0 Å². The van der Waals surface area contributed by atoms with E-state index in [-0.39, 0.29) is 19.0 Å². The van der Waals surface area contributed by atoms with Crippen LogP contribution in [0.5, 0.6) is 0 Å². The maximum atomic E-state index is 12.5. The molecule has 120 valence electrons. The highest BCUT2D eigenvalue weighted by molar-refractivity contribution is 6.31. The Hall–Kier alpha value is -2.08. The van der Waals surface area contributed by atoms with Crippen molar-refractivity contribution in [2.75, 3.05) is 13.1 Å². The van der Waals surface area contributed by atoms with Crippen LogP contribution in [-0.4, -0.2) is 46.9 Å². The molecule has 0 bridgehead atoms. The minimum absolute atomic E-state index is 0.105. The number of rotatable bonds is 6. The highest BCUT2D eigenvalue weighted by atomic mass is 35.5. The van der Waals surface area contributed by atoms with E-state index in [2.05, 4.69) is 5.32 Å². The highest BCUT2D eigenvalue weighted by Crippen LogP contribution is 2.18. The lowest BCUT2D eigenvalue weighted by atomic mass is 10.1. The number of carboxylic acids is 1. The van der Waals surface area contributed by atoms with Crippen molar-refractivity contribution in [3.8, 4) is 0 Å². The number of nitrogens with zero attached hydrogens (tertiary/aromatic N) is 1. The molecule has 0 aliphatic heterocycles. The average molecular weight is 327 g/mol. The minimum atomic E-state index is -1.11. The highest BCUT2D eigenvalue weighted by Gasteiger charge is 2.26. The van der Waals surface area contributed by atoms with Crippen molar-refractivity contribution >= 4 is 29.4 Å². The fourth-order valence-corrected chi connectivity index (χ4v) is 2.02. The van der Waals surface area contributed by atoms with Crippen LogP contribution in [0.3, 0.4) is 0 Å². The summed E-state index contributed by atoms with van der Waals surface area (Å²) in [5.41, 5.74) is 1.09. The van der Waals surface area contributed by atoms with Gasteiger partial charge < -0.3 is 15.3 Å². The number of aliphatic carboxylic acids is 1. The Morgan fingerprint density at radius 2 is 2.00 bits per heavy atom. The Kier molecular flexibility index (Phi) is 6.37. The van der Waals surface area contributed by atoms with Gasteiger partial charge in [0.2, 0.25) is 5.91 Å². The maximum Gasteiger partial charge on any atom is 0.326 e. The van der Waals surface area contributed by atoms with Crippen LogP contribution in [0, 0.1) is 6.92 Å². The number of carboxylic acid groups (broad SMARTS) is 1. The van der Waals surface area contributed by atoms with Crippen LogP contribution in [0.15, 0.2) is 18.2 Å². The Morgan fingerprint density at radius 1 is 1.36 bits per heavy atom. The topological polar surface area (TPSA) is 86.7 Å². The zero-order valence-corrected chi connectivity index (χ0v) is 13.5. The molecule has 0 heterocycles. The molecular formula is C15H19ClN2O4. The molecule has 2 N–H and O–H groups in total. The third-order valence-corrected chi connectivity index (χ3v) is 3.64. The van der Waals surface area contributed by atoms with E-state index in [4.69, 9.17) is 16.7 Å². The molecule has 22 heavy (non-hydrogen) atoms. The van der Waals surface area contributed by atoms with E-state index in [1.807, 2.05) is 0 Å². The summed E-state index contributed by atoms with van der Waals surface area (Å²) in [6.45, 7) is 4.84. The van der Waals surface area contributed by atoms with E-state index in [1.54, 1.807) is 25.1 Å². The van der Waals surface area contributed by atoms with Gasteiger partial charge in [-0.15, -0.1) is 0 Å². The summed E-state index contributed by atoms with van der Waals surface area (Å²) in [6, 6.07) is 3.77. The van der Waals surface area contributed by atoms with Gasteiger partial charge in [-0.3, -0.25) is 9.59 Å². The van der Waals surface area contributed by atoms with Crippen molar-refractivity contribution in [1.82, 2.24) is 10.2 Å². The average Bonchev–Trinajstić information content (AvgIpc) is 2.44. The van der Waals surface area contributed by atoms with Crippen molar-refractivity contribution in [3.63, 3.8) is 0 Å². The lowest BCUT2D eigenvalue weighted by Gasteiger charge is -2.27. The maximum absolute atomic E-state index is 12.5. The van der Waals surface area contributed by atoms with Crippen LogP contribution in [-0.2, 0) is 9.59 Å². The number of hydrogen-bond acceptors (Lipinski definition) is 3. The van der Waals surface area contributed by atoms with Crippen LogP contribution in [0.2, 0.25) is 5.02 Å². The summed E-state index contributed by atoms with van der Waals surface area (Å²) >= 11 is 5.93. The normalized spacial score (nSPS) is 11.6. The molecule has 1 aromatic carbocycles. The standard InChI is InChI=1S/C15H19ClN2O4/c1-9-8-12(4-5-13(9)16)14(20)18(10(2)15(21)22)7-6-17-11(3)19/h4-5,8,10H,6-7H2,1-3H3,(H,17,19)(H,21,22). The second kappa shape index (κ2) is 7.79. The van der Waals surface area contributed by atoms with Crippen LogP contribution in [0.1, 0.15) is 29.8 Å². The number of hydrogen-bond donors (Lipinski definition) is 2. The Labute approximate surface area is 134 Å². The molecule has 0 aliphatic carbocycles. The number of benzene rings is 1. The van der Waals surface area contributed by atoms with Crippen molar-refractivity contribution in [2.45, 2.75) is 26.8 Å². The lowest BCUT2D eigenvalue weighted by molar-refractivity contribution is -0.141. The van der Waals surface area contributed by atoms with E-state index in [0.717, 1.165) is 5.56 Å². The number of aryl methyl sites for hydroxylation is 1. The van der Waals surface area contributed by atoms with E-state index in [1.165, 1.54) is 18.7 Å². The molecule has 0 aliphatic rings. The Morgan fingerprint density at radius 3 is 2.50 bits per heavy atom. The fourth-order valence-electron chi connectivity index (χ4n) is 1.90. The van der Waals surface area contributed by atoms with Gasteiger partial charge in [-0.25, -0.2) is 4.79 Å². The first-order valence-corrected chi connectivity index (χ1v) is 7.16. The first-order valence-electron chi connectivity index (χ1n) is 6.78.